The van der Waals surface area contributed by atoms with Gasteiger partial charge >= 0.3 is 0 Å². The van der Waals surface area contributed by atoms with Gasteiger partial charge in [-0.2, -0.15) is 0 Å². The summed E-state index contributed by atoms with van der Waals surface area (Å²) in [6.45, 7) is 2.73. The summed E-state index contributed by atoms with van der Waals surface area (Å²) in [5.74, 6) is 0.549. The van der Waals surface area contributed by atoms with Crippen LogP contribution in [0.5, 0.6) is 5.75 Å². The number of rotatable bonds is 6. The van der Waals surface area contributed by atoms with Gasteiger partial charge in [-0.1, -0.05) is 5.16 Å². The molecule has 3 rings (SSSR count). The van der Waals surface area contributed by atoms with Crippen LogP contribution in [-0.4, -0.2) is 54.5 Å². The lowest BCUT2D eigenvalue weighted by atomic mass is 10.0. The summed E-state index contributed by atoms with van der Waals surface area (Å²) in [5.41, 5.74) is 1.62. The predicted octanol–water partition coefficient (Wildman–Crippen LogP) is 2.65. The average molecular weight is 360 g/mol. The topological polar surface area (TPSA) is 85.0 Å². The molecule has 0 saturated carbocycles. The summed E-state index contributed by atoms with van der Waals surface area (Å²) < 4.78 is 15.8. The van der Waals surface area contributed by atoms with E-state index in [4.69, 9.17) is 14.0 Å². The largest absolute Gasteiger partial charge is 0.497 e. The van der Waals surface area contributed by atoms with E-state index >= 15 is 0 Å². The molecule has 1 aromatic heterocycles. The Balaban J connectivity index is 1.95. The Kier molecular flexibility index (Phi) is 5.58. The van der Waals surface area contributed by atoms with Gasteiger partial charge in [-0.05, 0) is 44.0 Å². The number of carbonyl (C=O) groups excluding carboxylic acids is 1. The summed E-state index contributed by atoms with van der Waals surface area (Å²) in [4.78, 5) is 14.8. The van der Waals surface area contributed by atoms with Gasteiger partial charge in [-0.25, -0.2) is 0 Å². The van der Waals surface area contributed by atoms with Crippen LogP contribution in [0.4, 0.5) is 0 Å². The molecule has 2 aromatic rings. The Hall–Kier alpha value is -2.38. The monoisotopic (exact) mass is 360 g/mol. The van der Waals surface area contributed by atoms with Gasteiger partial charge < -0.3 is 24.0 Å². The van der Waals surface area contributed by atoms with Crippen LogP contribution in [0.1, 0.15) is 42.0 Å². The van der Waals surface area contributed by atoms with Crippen molar-refractivity contribution in [2.45, 2.75) is 31.9 Å². The van der Waals surface area contributed by atoms with Gasteiger partial charge in [0, 0.05) is 19.2 Å². The van der Waals surface area contributed by atoms with Crippen LogP contribution in [0.15, 0.2) is 28.8 Å². The smallest absolute Gasteiger partial charge is 0.293 e. The van der Waals surface area contributed by atoms with E-state index in [0.29, 0.717) is 30.2 Å². The number of aromatic nitrogens is 1. The van der Waals surface area contributed by atoms with Gasteiger partial charge in [0.1, 0.15) is 11.4 Å². The number of hydrogen-bond acceptors (Lipinski definition) is 6. The number of hydrogen-bond donors (Lipinski definition) is 1. The molecule has 0 bridgehead atoms. The second-order valence-electron chi connectivity index (χ2n) is 6.43. The van der Waals surface area contributed by atoms with Gasteiger partial charge in [0.2, 0.25) is 5.76 Å². The fourth-order valence-corrected chi connectivity index (χ4v) is 3.40. The SMILES string of the molecule is COCC1CCCN1C(=O)c1onc(-c2ccc(OC)cc2)c1C(C)O. The second kappa shape index (κ2) is 7.88. The van der Waals surface area contributed by atoms with Crippen LogP contribution in [0.25, 0.3) is 11.3 Å². The summed E-state index contributed by atoms with van der Waals surface area (Å²) in [5, 5.41) is 14.3. The Morgan fingerprint density at radius 3 is 2.73 bits per heavy atom. The van der Waals surface area contributed by atoms with Crippen molar-refractivity contribution >= 4 is 5.91 Å². The van der Waals surface area contributed by atoms with E-state index in [1.807, 2.05) is 12.1 Å². The minimum absolute atomic E-state index is 0.0175. The lowest BCUT2D eigenvalue weighted by Gasteiger charge is -2.23. The van der Waals surface area contributed by atoms with Gasteiger partial charge in [-0.15, -0.1) is 0 Å². The highest BCUT2D eigenvalue weighted by atomic mass is 16.5. The number of likely N-dealkylation sites (tertiary alicyclic amines) is 1. The van der Waals surface area contributed by atoms with E-state index < -0.39 is 6.10 Å². The van der Waals surface area contributed by atoms with Crippen molar-refractivity contribution in [3.8, 4) is 17.0 Å². The minimum atomic E-state index is -0.888. The first-order chi connectivity index (χ1) is 12.6. The lowest BCUT2D eigenvalue weighted by molar-refractivity contribution is 0.0585. The van der Waals surface area contributed by atoms with Crippen LogP contribution in [0, 0.1) is 0 Å². The van der Waals surface area contributed by atoms with E-state index in [-0.39, 0.29) is 17.7 Å². The summed E-state index contributed by atoms with van der Waals surface area (Å²) in [7, 11) is 3.22. The number of benzene rings is 1. The summed E-state index contributed by atoms with van der Waals surface area (Å²) >= 11 is 0. The molecule has 1 fully saturated rings. The molecule has 0 spiro atoms. The van der Waals surface area contributed by atoms with Crippen molar-refractivity contribution in [1.82, 2.24) is 10.1 Å². The molecule has 7 heteroatoms. The minimum Gasteiger partial charge on any atom is -0.497 e. The third kappa shape index (κ3) is 3.45. The maximum absolute atomic E-state index is 13.0. The highest BCUT2D eigenvalue weighted by molar-refractivity contribution is 5.95. The van der Waals surface area contributed by atoms with Crippen LogP contribution < -0.4 is 4.74 Å². The number of nitrogens with zero attached hydrogens (tertiary/aromatic N) is 2. The zero-order chi connectivity index (χ0) is 18.7. The van der Waals surface area contributed by atoms with Gasteiger partial charge in [0.15, 0.2) is 0 Å². The molecule has 7 nitrogen and oxygen atoms in total. The van der Waals surface area contributed by atoms with Crippen molar-refractivity contribution < 1.29 is 23.9 Å². The van der Waals surface area contributed by atoms with E-state index in [0.717, 1.165) is 18.4 Å². The fourth-order valence-electron chi connectivity index (χ4n) is 3.40. The van der Waals surface area contributed by atoms with Crippen LogP contribution in [-0.2, 0) is 4.74 Å². The van der Waals surface area contributed by atoms with Gasteiger partial charge in [0.25, 0.3) is 5.91 Å². The average Bonchev–Trinajstić information content (AvgIpc) is 3.28. The molecule has 26 heavy (non-hydrogen) atoms. The van der Waals surface area contributed by atoms with Crippen LogP contribution in [0.2, 0.25) is 0 Å². The highest BCUT2D eigenvalue weighted by Gasteiger charge is 2.35. The zero-order valence-corrected chi connectivity index (χ0v) is 15.3. The lowest BCUT2D eigenvalue weighted by Crippen LogP contribution is -2.38. The number of ether oxygens (including phenoxy) is 2. The van der Waals surface area contributed by atoms with Crippen LogP contribution >= 0.6 is 0 Å². The third-order valence-corrected chi connectivity index (χ3v) is 4.70. The molecular formula is C19H24N2O5. The quantitative estimate of drug-likeness (QED) is 0.852. The van der Waals surface area contributed by atoms with Gasteiger partial charge in [-0.3, -0.25) is 4.79 Å². The Labute approximate surface area is 152 Å². The Bertz CT molecular complexity index is 754. The molecule has 0 aliphatic carbocycles. The van der Waals surface area contributed by atoms with Crippen molar-refractivity contribution in [1.29, 1.82) is 0 Å². The number of methoxy groups -OCH3 is 2. The Morgan fingerprint density at radius 2 is 2.12 bits per heavy atom. The summed E-state index contributed by atoms with van der Waals surface area (Å²) in [6, 6.07) is 7.25. The standard InChI is InChI=1S/C19H24N2O5/c1-12(22)16-17(13-6-8-15(25-3)9-7-13)20-26-18(16)19(23)21-10-4-5-14(21)11-24-2/h6-9,12,14,22H,4-5,10-11H2,1-3H3. The first-order valence-electron chi connectivity index (χ1n) is 8.68. The molecule has 1 N–H and O–H groups in total. The molecule has 1 saturated heterocycles. The molecule has 0 radical (unpaired) electrons. The normalized spacial score (nSPS) is 18.2. The number of carbonyl (C=O) groups is 1. The molecule has 2 unspecified atom stereocenters. The second-order valence-corrected chi connectivity index (χ2v) is 6.43. The first-order valence-corrected chi connectivity index (χ1v) is 8.68. The molecule has 1 aliphatic rings. The molecular weight excluding hydrogens is 336 g/mol. The van der Waals surface area contributed by atoms with E-state index in [1.54, 1.807) is 38.2 Å². The number of aliphatic hydroxyl groups is 1. The van der Waals surface area contributed by atoms with E-state index in [9.17, 15) is 9.90 Å². The van der Waals surface area contributed by atoms with E-state index in [2.05, 4.69) is 5.16 Å². The molecule has 140 valence electrons. The molecule has 1 amide bonds. The zero-order valence-electron chi connectivity index (χ0n) is 15.3. The summed E-state index contributed by atoms with van der Waals surface area (Å²) in [6.07, 6.45) is 0.924. The fraction of sp³-hybridized carbons (Fsp3) is 0.474. The van der Waals surface area contributed by atoms with Crippen molar-refractivity contribution in [2.75, 3.05) is 27.4 Å². The Morgan fingerprint density at radius 1 is 1.38 bits per heavy atom. The van der Waals surface area contributed by atoms with Crippen LogP contribution in [0.3, 0.4) is 0 Å². The molecule has 1 aliphatic heterocycles. The van der Waals surface area contributed by atoms with Crippen molar-refractivity contribution in [2.24, 2.45) is 0 Å². The number of amides is 1. The number of aliphatic hydroxyl groups excluding tert-OH is 1. The van der Waals surface area contributed by atoms with Crippen molar-refractivity contribution in [3.63, 3.8) is 0 Å². The molecule has 2 atom stereocenters. The molecule has 1 aromatic carbocycles. The van der Waals surface area contributed by atoms with E-state index in [1.165, 1.54) is 0 Å². The third-order valence-electron chi connectivity index (χ3n) is 4.70. The van der Waals surface area contributed by atoms with Gasteiger partial charge in [0.05, 0.1) is 31.4 Å². The molecule has 2 heterocycles. The first kappa shape index (κ1) is 18.4. The maximum Gasteiger partial charge on any atom is 0.293 e. The van der Waals surface area contributed by atoms with Crippen molar-refractivity contribution in [3.05, 3.63) is 35.6 Å². The highest BCUT2D eigenvalue weighted by Crippen LogP contribution is 2.33. The maximum atomic E-state index is 13.0. The predicted molar refractivity (Wildman–Crippen MR) is 95.1 cm³/mol.